The van der Waals surface area contributed by atoms with Gasteiger partial charge in [0.05, 0.1) is 6.61 Å². The van der Waals surface area contributed by atoms with E-state index in [0.717, 1.165) is 31.8 Å². The highest BCUT2D eigenvalue weighted by atomic mass is 16.5. The van der Waals surface area contributed by atoms with Crippen molar-refractivity contribution in [2.24, 2.45) is 17.8 Å². The Hall–Kier alpha value is -0.410. The summed E-state index contributed by atoms with van der Waals surface area (Å²) in [5.74, 6) is 2.04. The zero-order valence-electron chi connectivity index (χ0n) is 12.9. The lowest BCUT2D eigenvalue weighted by Crippen LogP contribution is -2.50. The number of hydrogen-bond donors (Lipinski definition) is 0. The molecule has 0 aromatic heterocycles. The highest BCUT2D eigenvalue weighted by Gasteiger charge is 2.35. The summed E-state index contributed by atoms with van der Waals surface area (Å²) < 4.78 is 5.74. The van der Waals surface area contributed by atoms with Crippen LogP contribution in [0.3, 0.4) is 0 Å². The third kappa shape index (κ3) is 3.57. The van der Waals surface area contributed by atoms with Crippen LogP contribution >= 0.6 is 0 Å². The summed E-state index contributed by atoms with van der Waals surface area (Å²) in [5.41, 5.74) is 0. The van der Waals surface area contributed by atoms with Gasteiger partial charge >= 0.3 is 0 Å². The van der Waals surface area contributed by atoms with Gasteiger partial charge in [0, 0.05) is 25.0 Å². The normalized spacial score (nSPS) is 37.5. The Morgan fingerprint density at radius 3 is 2.58 bits per heavy atom. The van der Waals surface area contributed by atoms with E-state index < -0.39 is 0 Å². The first-order valence-corrected chi connectivity index (χ1v) is 7.88. The fourth-order valence-electron chi connectivity index (χ4n) is 3.38. The molecule has 0 bridgehead atoms. The molecule has 3 nitrogen and oxygen atoms in total. The van der Waals surface area contributed by atoms with Gasteiger partial charge in [0.2, 0.25) is 0 Å². The monoisotopic (exact) mass is 267 g/mol. The second-order valence-corrected chi connectivity index (χ2v) is 6.82. The summed E-state index contributed by atoms with van der Waals surface area (Å²) in [7, 11) is 0. The Morgan fingerprint density at radius 2 is 1.95 bits per heavy atom. The molecule has 110 valence electrons. The van der Waals surface area contributed by atoms with Crippen LogP contribution in [0.5, 0.6) is 0 Å². The van der Waals surface area contributed by atoms with Gasteiger partial charge in [-0.15, -0.1) is 0 Å². The van der Waals surface area contributed by atoms with Crippen molar-refractivity contribution in [3.8, 4) is 0 Å². The number of carbonyl (C=O) groups is 1. The van der Waals surface area contributed by atoms with E-state index in [-0.39, 0.29) is 12.0 Å². The highest BCUT2D eigenvalue weighted by Crippen LogP contribution is 2.34. The van der Waals surface area contributed by atoms with Crippen molar-refractivity contribution in [1.82, 2.24) is 4.90 Å². The van der Waals surface area contributed by atoms with E-state index in [2.05, 4.69) is 32.6 Å². The SMILES string of the molecule is CC1CCC(C(=O)C2CN(C(C)C)CCO2)CC1C. The van der Waals surface area contributed by atoms with Crippen molar-refractivity contribution in [3.63, 3.8) is 0 Å². The maximum Gasteiger partial charge on any atom is 0.165 e. The number of nitrogens with zero attached hydrogens (tertiary/aromatic N) is 1. The van der Waals surface area contributed by atoms with Crippen LogP contribution in [0.2, 0.25) is 0 Å². The van der Waals surface area contributed by atoms with Gasteiger partial charge in [-0.05, 0) is 44.9 Å². The standard InChI is InChI=1S/C16H29NO2/c1-11(2)17-7-8-19-15(10-17)16(18)14-6-5-12(3)13(4)9-14/h11-15H,5-10H2,1-4H3. The van der Waals surface area contributed by atoms with E-state index >= 15 is 0 Å². The van der Waals surface area contributed by atoms with Gasteiger partial charge in [-0.25, -0.2) is 0 Å². The smallest absolute Gasteiger partial charge is 0.165 e. The van der Waals surface area contributed by atoms with E-state index in [4.69, 9.17) is 4.74 Å². The van der Waals surface area contributed by atoms with E-state index in [9.17, 15) is 4.79 Å². The van der Waals surface area contributed by atoms with Crippen molar-refractivity contribution in [1.29, 1.82) is 0 Å². The molecule has 0 radical (unpaired) electrons. The van der Waals surface area contributed by atoms with Crippen LogP contribution < -0.4 is 0 Å². The van der Waals surface area contributed by atoms with E-state index in [1.165, 1.54) is 6.42 Å². The lowest BCUT2D eigenvalue weighted by atomic mass is 9.73. The topological polar surface area (TPSA) is 29.5 Å². The lowest BCUT2D eigenvalue weighted by molar-refractivity contribution is -0.143. The van der Waals surface area contributed by atoms with Crippen LogP contribution in [0, 0.1) is 17.8 Å². The molecule has 19 heavy (non-hydrogen) atoms. The summed E-state index contributed by atoms with van der Waals surface area (Å²) in [6.07, 6.45) is 3.13. The molecule has 0 aromatic rings. The van der Waals surface area contributed by atoms with Gasteiger partial charge in [0.15, 0.2) is 5.78 Å². The van der Waals surface area contributed by atoms with Gasteiger partial charge in [0.1, 0.15) is 6.10 Å². The third-order valence-corrected chi connectivity index (χ3v) is 5.15. The first-order valence-electron chi connectivity index (χ1n) is 7.88. The zero-order valence-corrected chi connectivity index (χ0v) is 12.9. The highest BCUT2D eigenvalue weighted by molar-refractivity contribution is 5.85. The number of rotatable bonds is 3. The molecule has 4 unspecified atom stereocenters. The Balaban J connectivity index is 1.92. The second-order valence-electron chi connectivity index (χ2n) is 6.82. The molecule has 1 saturated carbocycles. The predicted octanol–water partition coefficient (Wildman–Crippen LogP) is 2.74. The summed E-state index contributed by atoms with van der Waals surface area (Å²) >= 11 is 0. The molecule has 0 amide bonds. The molecule has 0 aromatic carbocycles. The summed E-state index contributed by atoms with van der Waals surface area (Å²) in [6, 6.07) is 0.504. The number of carbonyl (C=O) groups excluding carboxylic acids is 1. The van der Waals surface area contributed by atoms with Crippen molar-refractivity contribution in [2.45, 2.75) is 59.1 Å². The van der Waals surface area contributed by atoms with Crippen LogP contribution in [-0.4, -0.2) is 42.5 Å². The first-order chi connectivity index (χ1) is 8.99. The maximum atomic E-state index is 12.6. The minimum atomic E-state index is -0.179. The number of ketones is 1. The molecule has 0 N–H and O–H groups in total. The quantitative estimate of drug-likeness (QED) is 0.787. The Kier molecular flexibility index (Phi) is 5.02. The molecule has 1 heterocycles. The maximum absolute atomic E-state index is 12.6. The van der Waals surface area contributed by atoms with Crippen LogP contribution in [0.1, 0.15) is 47.0 Å². The summed E-state index contributed by atoms with van der Waals surface area (Å²) in [4.78, 5) is 15.0. The molecular weight excluding hydrogens is 238 g/mol. The molecule has 2 aliphatic rings. The van der Waals surface area contributed by atoms with Crippen molar-refractivity contribution >= 4 is 5.78 Å². The molecule has 2 rings (SSSR count). The first kappa shape index (κ1) is 15.0. The molecule has 1 aliphatic heterocycles. The van der Waals surface area contributed by atoms with Crippen molar-refractivity contribution in [3.05, 3.63) is 0 Å². The van der Waals surface area contributed by atoms with Gasteiger partial charge in [-0.3, -0.25) is 9.69 Å². The average molecular weight is 267 g/mol. The number of Topliss-reactive ketones (excluding diaryl/α,β-unsaturated/α-hetero) is 1. The van der Waals surface area contributed by atoms with Crippen LogP contribution in [0.4, 0.5) is 0 Å². The van der Waals surface area contributed by atoms with Crippen molar-refractivity contribution in [2.75, 3.05) is 19.7 Å². The number of morpholine rings is 1. The predicted molar refractivity (Wildman–Crippen MR) is 77.1 cm³/mol. The van der Waals surface area contributed by atoms with Gasteiger partial charge in [-0.1, -0.05) is 13.8 Å². The summed E-state index contributed by atoms with van der Waals surface area (Å²) in [5, 5.41) is 0. The van der Waals surface area contributed by atoms with E-state index in [0.29, 0.717) is 24.3 Å². The number of hydrogen-bond acceptors (Lipinski definition) is 3. The zero-order chi connectivity index (χ0) is 14.0. The van der Waals surface area contributed by atoms with Crippen molar-refractivity contribution < 1.29 is 9.53 Å². The Morgan fingerprint density at radius 1 is 1.21 bits per heavy atom. The van der Waals surface area contributed by atoms with Gasteiger partial charge in [0.25, 0.3) is 0 Å². The van der Waals surface area contributed by atoms with E-state index in [1.54, 1.807) is 0 Å². The molecule has 0 spiro atoms. The fourth-order valence-corrected chi connectivity index (χ4v) is 3.38. The van der Waals surface area contributed by atoms with E-state index in [1.807, 2.05) is 0 Å². The van der Waals surface area contributed by atoms with Crippen LogP contribution in [-0.2, 0) is 9.53 Å². The molecule has 2 fully saturated rings. The second kappa shape index (κ2) is 6.36. The Labute approximate surface area is 117 Å². The average Bonchev–Trinajstić information content (AvgIpc) is 2.41. The molecule has 4 atom stereocenters. The fraction of sp³-hybridized carbons (Fsp3) is 0.938. The number of ether oxygens (including phenoxy) is 1. The third-order valence-electron chi connectivity index (χ3n) is 5.15. The minimum absolute atomic E-state index is 0.179. The largest absolute Gasteiger partial charge is 0.368 e. The molecular formula is C16H29NO2. The van der Waals surface area contributed by atoms with Gasteiger partial charge in [-0.2, -0.15) is 0 Å². The van der Waals surface area contributed by atoms with Crippen LogP contribution in [0.15, 0.2) is 0 Å². The van der Waals surface area contributed by atoms with Crippen LogP contribution in [0.25, 0.3) is 0 Å². The van der Waals surface area contributed by atoms with Gasteiger partial charge < -0.3 is 4.74 Å². The minimum Gasteiger partial charge on any atom is -0.368 e. The molecule has 1 aliphatic carbocycles. The Bertz CT molecular complexity index is 316. The molecule has 1 saturated heterocycles. The summed E-state index contributed by atoms with van der Waals surface area (Å²) in [6.45, 7) is 11.4. The lowest BCUT2D eigenvalue weighted by Gasteiger charge is -2.38. The molecule has 3 heteroatoms.